The molecule has 2 saturated heterocycles. The molecule has 2 heterocycles. The second kappa shape index (κ2) is 10.7. The Balaban J connectivity index is 1.61. The van der Waals surface area contributed by atoms with Gasteiger partial charge in [-0.05, 0) is 44.6 Å². The van der Waals surface area contributed by atoms with Gasteiger partial charge >= 0.3 is 0 Å². The van der Waals surface area contributed by atoms with Crippen LogP contribution in [0, 0.1) is 29.1 Å². The lowest BCUT2D eigenvalue weighted by molar-refractivity contribution is -0.149. The molecular formula is C26H45ClN4O3. The van der Waals surface area contributed by atoms with Crippen LogP contribution >= 0.6 is 11.6 Å². The summed E-state index contributed by atoms with van der Waals surface area (Å²) in [6.45, 7) is 17.0. The van der Waals surface area contributed by atoms with Crippen LogP contribution in [0.1, 0.15) is 67.7 Å². The van der Waals surface area contributed by atoms with E-state index in [1.165, 1.54) is 0 Å². The van der Waals surface area contributed by atoms with Gasteiger partial charge in [0.05, 0.1) is 5.92 Å². The molecule has 0 spiro atoms. The fourth-order valence-corrected chi connectivity index (χ4v) is 6.58. The summed E-state index contributed by atoms with van der Waals surface area (Å²) in [7, 11) is 0. The molecule has 0 aromatic heterocycles. The monoisotopic (exact) mass is 496 g/mol. The maximum atomic E-state index is 13.3. The number of amides is 3. The smallest absolute Gasteiger partial charge is 0.228 e. The van der Waals surface area contributed by atoms with Gasteiger partial charge in [0.15, 0.2) is 0 Å². The molecule has 8 heteroatoms. The van der Waals surface area contributed by atoms with E-state index in [0.717, 1.165) is 32.5 Å². The minimum absolute atomic E-state index is 0.00988. The largest absolute Gasteiger partial charge is 0.355 e. The fourth-order valence-electron chi connectivity index (χ4n) is 6.21. The number of nitrogens with one attached hydrogen (secondary N) is 2. The predicted octanol–water partition coefficient (Wildman–Crippen LogP) is 2.86. The van der Waals surface area contributed by atoms with Gasteiger partial charge in [0.1, 0.15) is 0 Å². The topological polar surface area (TPSA) is 81.8 Å². The van der Waals surface area contributed by atoms with E-state index in [9.17, 15) is 14.4 Å². The molecule has 7 unspecified atom stereocenters. The number of piperidine rings is 1. The average Bonchev–Trinajstić information content (AvgIpc) is 2.69. The molecule has 3 rings (SSSR count). The highest BCUT2D eigenvalue weighted by Crippen LogP contribution is 2.38. The standard InChI is InChI=1S/C26H45ClN4O3/c1-8-31(19-13-30(14-19)25(34)26(5,6)7)22-11-18(27)10-20(17(22)4)23(32)28-12-21-15(2)9-16(3)29-24(21)33/h15-22H,8-14H2,1-7H3,(H,28,32)(H,29,33). The number of likely N-dealkylation sites (N-methyl/N-ethyl adjacent to an activating group) is 1. The van der Waals surface area contributed by atoms with E-state index in [0.29, 0.717) is 19.0 Å². The average molecular weight is 497 g/mol. The van der Waals surface area contributed by atoms with E-state index in [1.807, 2.05) is 32.6 Å². The van der Waals surface area contributed by atoms with Crippen molar-refractivity contribution in [1.29, 1.82) is 0 Å². The Labute approximate surface area is 210 Å². The number of hydrogen-bond donors (Lipinski definition) is 2. The normalized spacial score (nSPS) is 35.0. The Morgan fingerprint density at radius 1 is 1.15 bits per heavy atom. The number of likely N-dealkylation sites (tertiary alicyclic amines) is 1. The molecule has 3 aliphatic rings. The Kier molecular flexibility index (Phi) is 8.60. The third-order valence-electron chi connectivity index (χ3n) is 8.27. The molecule has 2 aliphatic heterocycles. The van der Waals surface area contributed by atoms with Crippen LogP contribution < -0.4 is 10.6 Å². The molecule has 3 amide bonds. The van der Waals surface area contributed by atoms with Crippen molar-refractivity contribution in [3.05, 3.63) is 0 Å². The summed E-state index contributed by atoms with van der Waals surface area (Å²) in [5, 5.41) is 6.04. The fraction of sp³-hybridized carbons (Fsp3) is 0.885. The van der Waals surface area contributed by atoms with Crippen LogP contribution in [0.5, 0.6) is 0 Å². The van der Waals surface area contributed by atoms with Gasteiger partial charge in [-0.25, -0.2) is 0 Å². The van der Waals surface area contributed by atoms with Crippen molar-refractivity contribution in [1.82, 2.24) is 20.4 Å². The summed E-state index contributed by atoms with van der Waals surface area (Å²) < 4.78 is 0. The summed E-state index contributed by atoms with van der Waals surface area (Å²) in [5.74, 6) is 0.274. The van der Waals surface area contributed by atoms with E-state index in [2.05, 4.69) is 36.3 Å². The van der Waals surface area contributed by atoms with Crippen molar-refractivity contribution in [3.8, 4) is 0 Å². The highest BCUT2D eigenvalue weighted by atomic mass is 35.5. The molecule has 1 saturated carbocycles. The zero-order valence-corrected chi connectivity index (χ0v) is 22.8. The summed E-state index contributed by atoms with van der Waals surface area (Å²) in [4.78, 5) is 42.7. The van der Waals surface area contributed by atoms with Crippen LogP contribution in [-0.4, -0.2) is 77.2 Å². The van der Waals surface area contributed by atoms with Crippen LogP contribution in [0.25, 0.3) is 0 Å². The molecule has 3 fully saturated rings. The maximum absolute atomic E-state index is 13.3. The first-order chi connectivity index (χ1) is 15.8. The quantitative estimate of drug-likeness (QED) is 0.554. The van der Waals surface area contributed by atoms with Crippen LogP contribution in [0.15, 0.2) is 0 Å². The Morgan fingerprint density at radius 3 is 2.35 bits per heavy atom. The molecule has 7 nitrogen and oxygen atoms in total. The summed E-state index contributed by atoms with van der Waals surface area (Å²) in [6.07, 6.45) is 2.44. The number of hydrogen-bond acceptors (Lipinski definition) is 4. The van der Waals surface area contributed by atoms with Gasteiger partial charge in [-0.2, -0.15) is 0 Å². The predicted molar refractivity (Wildman–Crippen MR) is 135 cm³/mol. The minimum Gasteiger partial charge on any atom is -0.355 e. The highest BCUT2D eigenvalue weighted by Gasteiger charge is 2.46. The van der Waals surface area contributed by atoms with Gasteiger partial charge in [0.2, 0.25) is 17.7 Å². The van der Waals surface area contributed by atoms with Crippen LogP contribution in [0.3, 0.4) is 0 Å². The van der Waals surface area contributed by atoms with E-state index >= 15 is 0 Å². The number of carbonyl (C=O) groups excluding carboxylic acids is 3. The molecule has 0 aromatic rings. The number of nitrogens with zero attached hydrogens (tertiary/aromatic N) is 2. The molecule has 2 N–H and O–H groups in total. The van der Waals surface area contributed by atoms with Crippen LogP contribution in [0.2, 0.25) is 0 Å². The molecule has 194 valence electrons. The molecule has 7 atom stereocenters. The van der Waals surface area contributed by atoms with Gasteiger partial charge in [-0.3, -0.25) is 19.3 Å². The van der Waals surface area contributed by atoms with Crippen molar-refractivity contribution in [2.24, 2.45) is 29.1 Å². The lowest BCUT2D eigenvalue weighted by Gasteiger charge is -2.52. The Bertz CT molecular complexity index is 764. The van der Waals surface area contributed by atoms with Crippen LogP contribution in [0.4, 0.5) is 0 Å². The minimum atomic E-state index is -0.366. The van der Waals surface area contributed by atoms with Crippen molar-refractivity contribution in [2.75, 3.05) is 26.2 Å². The second-order valence-corrected chi connectivity index (χ2v) is 12.6. The zero-order chi connectivity index (χ0) is 25.4. The summed E-state index contributed by atoms with van der Waals surface area (Å²) in [5.41, 5.74) is -0.366. The van der Waals surface area contributed by atoms with E-state index in [4.69, 9.17) is 11.6 Å². The maximum Gasteiger partial charge on any atom is 0.228 e. The molecule has 0 bridgehead atoms. The first kappa shape index (κ1) is 27.3. The van der Waals surface area contributed by atoms with Gasteiger partial charge in [0.25, 0.3) is 0 Å². The number of halogens is 1. The van der Waals surface area contributed by atoms with E-state index < -0.39 is 0 Å². The van der Waals surface area contributed by atoms with Gasteiger partial charge in [0, 0.05) is 54.5 Å². The van der Waals surface area contributed by atoms with Gasteiger partial charge in [-0.15, -0.1) is 11.6 Å². The molecular weight excluding hydrogens is 452 g/mol. The number of rotatable bonds is 6. The van der Waals surface area contributed by atoms with Crippen molar-refractivity contribution in [2.45, 2.75) is 91.2 Å². The van der Waals surface area contributed by atoms with Crippen LogP contribution in [-0.2, 0) is 14.4 Å². The number of alkyl halides is 1. The molecule has 0 radical (unpaired) electrons. The lowest BCUT2D eigenvalue weighted by atomic mass is 9.74. The first-order valence-electron chi connectivity index (χ1n) is 13.1. The van der Waals surface area contributed by atoms with Gasteiger partial charge < -0.3 is 15.5 Å². The Morgan fingerprint density at radius 2 is 1.79 bits per heavy atom. The third-order valence-corrected chi connectivity index (χ3v) is 8.63. The third kappa shape index (κ3) is 5.89. The van der Waals surface area contributed by atoms with Crippen molar-refractivity contribution in [3.63, 3.8) is 0 Å². The first-order valence-corrected chi connectivity index (χ1v) is 13.5. The lowest BCUT2D eigenvalue weighted by Crippen LogP contribution is -2.66. The Hall–Kier alpha value is -1.34. The summed E-state index contributed by atoms with van der Waals surface area (Å²) in [6, 6.07) is 0.696. The molecule has 34 heavy (non-hydrogen) atoms. The van der Waals surface area contributed by atoms with E-state index in [1.54, 1.807) is 0 Å². The SMILES string of the molecule is CCN(C1CN(C(=O)C(C)(C)C)C1)C1CC(Cl)CC(C(=O)NCC2C(=O)NC(C)CC2C)C1C. The number of carbonyl (C=O) groups is 3. The summed E-state index contributed by atoms with van der Waals surface area (Å²) >= 11 is 6.70. The van der Waals surface area contributed by atoms with Gasteiger partial charge in [-0.1, -0.05) is 41.5 Å². The molecule has 0 aromatic carbocycles. The zero-order valence-electron chi connectivity index (χ0n) is 22.1. The second-order valence-electron chi connectivity index (χ2n) is 12.0. The van der Waals surface area contributed by atoms with E-state index in [-0.39, 0.29) is 64.3 Å². The molecule has 1 aliphatic carbocycles. The van der Waals surface area contributed by atoms with Crippen molar-refractivity contribution < 1.29 is 14.4 Å². The highest BCUT2D eigenvalue weighted by molar-refractivity contribution is 6.20. The van der Waals surface area contributed by atoms with Crippen molar-refractivity contribution >= 4 is 29.3 Å².